The number of Topliss-reactive ketones (excluding diaryl/α,β-unsaturated/α-hetero) is 1. The lowest BCUT2D eigenvalue weighted by molar-refractivity contribution is -0.136. The lowest BCUT2D eigenvalue weighted by Crippen LogP contribution is -2.10. The van der Waals surface area contributed by atoms with Gasteiger partial charge in [-0.05, 0) is 60.0 Å². The monoisotopic (exact) mass is 418 g/mol. The SMILES string of the molecule is COc1cccc(C=C(C(=O)OCCCC(=O)c2ccc(F)cc2)c2ccccc2)c1. The number of ether oxygens (including phenoxy) is 2. The maximum absolute atomic E-state index is 13.0. The highest BCUT2D eigenvalue weighted by molar-refractivity contribution is 6.21. The van der Waals surface area contributed by atoms with Gasteiger partial charge in [-0.2, -0.15) is 0 Å². The van der Waals surface area contributed by atoms with E-state index in [1.807, 2.05) is 54.6 Å². The van der Waals surface area contributed by atoms with Crippen LogP contribution in [-0.2, 0) is 9.53 Å². The summed E-state index contributed by atoms with van der Waals surface area (Å²) in [4.78, 5) is 25.0. The van der Waals surface area contributed by atoms with Gasteiger partial charge in [0, 0.05) is 12.0 Å². The zero-order chi connectivity index (χ0) is 22.1. The van der Waals surface area contributed by atoms with Crippen LogP contribution in [0.5, 0.6) is 5.75 Å². The summed E-state index contributed by atoms with van der Waals surface area (Å²) in [6.45, 7) is 0.105. The third-order valence-corrected chi connectivity index (χ3v) is 4.66. The van der Waals surface area contributed by atoms with Crippen molar-refractivity contribution in [3.63, 3.8) is 0 Å². The molecule has 0 bridgehead atoms. The van der Waals surface area contributed by atoms with Gasteiger partial charge in [-0.3, -0.25) is 4.79 Å². The predicted molar refractivity (Wildman–Crippen MR) is 118 cm³/mol. The normalized spacial score (nSPS) is 11.1. The second-order valence-corrected chi connectivity index (χ2v) is 6.87. The first-order valence-electron chi connectivity index (χ1n) is 9.94. The van der Waals surface area contributed by atoms with E-state index >= 15 is 0 Å². The molecule has 3 aromatic carbocycles. The van der Waals surface area contributed by atoms with Gasteiger partial charge in [-0.25, -0.2) is 9.18 Å². The van der Waals surface area contributed by atoms with Gasteiger partial charge in [0.2, 0.25) is 0 Å². The van der Waals surface area contributed by atoms with Crippen molar-refractivity contribution in [3.8, 4) is 5.75 Å². The highest BCUT2D eigenvalue weighted by Crippen LogP contribution is 2.22. The Kier molecular flexibility index (Phi) is 7.71. The van der Waals surface area contributed by atoms with Gasteiger partial charge in [-0.15, -0.1) is 0 Å². The molecular formula is C26H23FO4. The summed E-state index contributed by atoms with van der Waals surface area (Å²) >= 11 is 0. The zero-order valence-electron chi connectivity index (χ0n) is 17.2. The topological polar surface area (TPSA) is 52.6 Å². The number of rotatable bonds is 9. The first-order chi connectivity index (χ1) is 15.1. The van der Waals surface area contributed by atoms with Gasteiger partial charge in [0.15, 0.2) is 5.78 Å². The van der Waals surface area contributed by atoms with E-state index < -0.39 is 5.97 Å². The molecule has 0 aliphatic heterocycles. The van der Waals surface area contributed by atoms with Crippen LogP contribution < -0.4 is 4.74 Å². The van der Waals surface area contributed by atoms with Gasteiger partial charge < -0.3 is 9.47 Å². The Morgan fingerprint density at radius 3 is 2.35 bits per heavy atom. The lowest BCUT2D eigenvalue weighted by Gasteiger charge is -2.10. The summed E-state index contributed by atoms with van der Waals surface area (Å²) in [5.74, 6) is -0.287. The molecular weight excluding hydrogens is 395 g/mol. The van der Waals surface area contributed by atoms with E-state index in [9.17, 15) is 14.0 Å². The van der Waals surface area contributed by atoms with E-state index in [2.05, 4.69) is 0 Å². The standard InChI is InChI=1S/C26H23FO4/c1-30-23-10-5-7-19(17-23)18-24(20-8-3-2-4-9-20)26(29)31-16-6-11-25(28)21-12-14-22(27)15-13-21/h2-5,7-10,12-15,17-18H,6,11,16H2,1H3. The van der Waals surface area contributed by atoms with E-state index in [1.54, 1.807) is 13.2 Å². The second kappa shape index (κ2) is 10.9. The number of methoxy groups -OCH3 is 1. The van der Waals surface area contributed by atoms with Crippen molar-refractivity contribution in [2.75, 3.05) is 13.7 Å². The quantitative estimate of drug-likeness (QED) is 0.150. The predicted octanol–water partition coefficient (Wildman–Crippen LogP) is 5.58. The van der Waals surface area contributed by atoms with Crippen molar-refractivity contribution in [3.05, 3.63) is 101 Å². The molecule has 0 N–H and O–H groups in total. The fourth-order valence-corrected chi connectivity index (χ4v) is 3.03. The Morgan fingerprint density at radius 1 is 0.903 bits per heavy atom. The number of esters is 1. The maximum Gasteiger partial charge on any atom is 0.338 e. The first-order valence-corrected chi connectivity index (χ1v) is 9.94. The Morgan fingerprint density at radius 2 is 1.65 bits per heavy atom. The van der Waals surface area contributed by atoms with Crippen molar-refractivity contribution in [2.45, 2.75) is 12.8 Å². The number of hydrogen-bond acceptors (Lipinski definition) is 4. The molecule has 4 nitrogen and oxygen atoms in total. The minimum atomic E-state index is -0.469. The summed E-state index contributed by atoms with van der Waals surface area (Å²) in [5, 5.41) is 0. The Balaban J connectivity index is 1.65. The molecule has 0 aromatic heterocycles. The van der Waals surface area contributed by atoms with Crippen LogP contribution in [0, 0.1) is 5.82 Å². The van der Waals surface area contributed by atoms with Crippen molar-refractivity contribution in [1.29, 1.82) is 0 Å². The molecule has 5 heteroatoms. The van der Waals surface area contributed by atoms with Crippen LogP contribution in [0.2, 0.25) is 0 Å². The summed E-state index contributed by atoms with van der Waals surface area (Å²) in [6, 6.07) is 22.0. The summed E-state index contributed by atoms with van der Waals surface area (Å²) in [5.41, 5.74) is 2.40. The molecule has 0 fully saturated rings. The molecule has 0 atom stereocenters. The van der Waals surface area contributed by atoms with Crippen LogP contribution in [0.25, 0.3) is 11.6 Å². The average molecular weight is 418 g/mol. The summed E-state index contributed by atoms with van der Waals surface area (Å²) < 4.78 is 23.7. The number of ketones is 1. The molecule has 3 rings (SSSR count). The smallest absolute Gasteiger partial charge is 0.338 e. The van der Waals surface area contributed by atoms with Crippen molar-refractivity contribution < 1.29 is 23.5 Å². The molecule has 0 aliphatic rings. The van der Waals surface area contributed by atoms with E-state index in [0.29, 0.717) is 23.3 Å². The largest absolute Gasteiger partial charge is 0.497 e. The van der Waals surface area contributed by atoms with Crippen molar-refractivity contribution in [2.24, 2.45) is 0 Å². The molecule has 0 aliphatic carbocycles. The molecule has 31 heavy (non-hydrogen) atoms. The summed E-state index contributed by atoms with van der Waals surface area (Å²) in [6.07, 6.45) is 2.34. The van der Waals surface area contributed by atoms with Crippen molar-refractivity contribution in [1.82, 2.24) is 0 Å². The van der Waals surface area contributed by atoms with Crippen LogP contribution >= 0.6 is 0 Å². The van der Waals surface area contributed by atoms with E-state index in [1.165, 1.54) is 24.3 Å². The molecule has 3 aromatic rings. The third-order valence-electron chi connectivity index (χ3n) is 4.66. The minimum absolute atomic E-state index is 0.105. The van der Waals surface area contributed by atoms with Gasteiger partial charge in [0.05, 0.1) is 19.3 Å². The van der Waals surface area contributed by atoms with Crippen LogP contribution in [0.4, 0.5) is 4.39 Å². The number of carbonyl (C=O) groups excluding carboxylic acids is 2. The van der Waals surface area contributed by atoms with Crippen LogP contribution in [0.1, 0.15) is 34.3 Å². The van der Waals surface area contributed by atoms with Crippen LogP contribution in [0.15, 0.2) is 78.9 Å². The Hall–Kier alpha value is -3.73. The molecule has 0 saturated heterocycles. The van der Waals surface area contributed by atoms with Gasteiger partial charge >= 0.3 is 5.97 Å². The maximum atomic E-state index is 13.0. The molecule has 0 radical (unpaired) electrons. The Bertz CT molecular complexity index is 1060. The number of carbonyl (C=O) groups is 2. The Labute approximate surface area is 180 Å². The van der Waals surface area contributed by atoms with Gasteiger partial charge in [0.1, 0.15) is 11.6 Å². The average Bonchev–Trinajstić information content (AvgIpc) is 2.81. The third kappa shape index (κ3) is 6.37. The van der Waals surface area contributed by atoms with E-state index in [4.69, 9.17) is 9.47 Å². The minimum Gasteiger partial charge on any atom is -0.497 e. The van der Waals surface area contributed by atoms with Crippen molar-refractivity contribution >= 4 is 23.4 Å². The zero-order valence-corrected chi connectivity index (χ0v) is 17.2. The van der Waals surface area contributed by atoms with Gasteiger partial charge in [-0.1, -0.05) is 42.5 Å². The fraction of sp³-hybridized carbons (Fsp3) is 0.154. The molecule has 0 unspecified atom stereocenters. The highest BCUT2D eigenvalue weighted by atomic mass is 19.1. The van der Waals surface area contributed by atoms with E-state index in [-0.39, 0.29) is 24.6 Å². The first kappa shape index (κ1) is 22.0. The second-order valence-electron chi connectivity index (χ2n) is 6.87. The van der Waals surface area contributed by atoms with E-state index in [0.717, 1.165) is 11.1 Å². The van der Waals surface area contributed by atoms with Crippen LogP contribution in [-0.4, -0.2) is 25.5 Å². The van der Waals surface area contributed by atoms with Crippen LogP contribution in [0.3, 0.4) is 0 Å². The number of hydrogen-bond donors (Lipinski definition) is 0. The molecule has 0 saturated carbocycles. The number of benzene rings is 3. The molecule has 0 amide bonds. The summed E-state index contributed by atoms with van der Waals surface area (Å²) in [7, 11) is 1.59. The fourth-order valence-electron chi connectivity index (χ4n) is 3.03. The lowest BCUT2D eigenvalue weighted by atomic mass is 10.0. The molecule has 0 spiro atoms. The highest BCUT2D eigenvalue weighted by Gasteiger charge is 2.14. The molecule has 158 valence electrons. The number of halogens is 1. The molecule has 0 heterocycles. The van der Waals surface area contributed by atoms with Gasteiger partial charge in [0.25, 0.3) is 0 Å².